The number of halogens is 2. The van der Waals surface area contributed by atoms with Crippen molar-refractivity contribution in [1.82, 2.24) is 19.7 Å². The first-order valence-corrected chi connectivity index (χ1v) is 14.1. The molecule has 3 aliphatic heterocycles. The van der Waals surface area contributed by atoms with Crippen LogP contribution in [0.15, 0.2) is 82.5 Å². The van der Waals surface area contributed by atoms with Crippen molar-refractivity contribution in [3.05, 3.63) is 78.0 Å². The number of pyridine rings is 1. The van der Waals surface area contributed by atoms with Gasteiger partial charge < -0.3 is 9.80 Å². The van der Waals surface area contributed by atoms with Gasteiger partial charge in [-0.2, -0.15) is 0 Å². The van der Waals surface area contributed by atoms with Gasteiger partial charge in [-0.1, -0.05) is 50.3 Å². The van der Waals surface area contributed by atoms with E-state index in [4.69, 9.17) is 15.0 Å². The van der Waals surface area contributed by atoms with Crippen molar-refractivity contribution in [3.8, 4) is 11.3 Å². The van der Waals surface area contributed by atoms with Gasteiger partial charge in [0, 0.05) is 49.3 Å². The number of aliphatic imine (C=N–C) groups is 2. The molecule has 7 nitrogen and oxygen atoms in total. The highest BCUT2D eigenvalue weighted by Crippen LogP contribution is 2.36. The molecule has 9 heteroatoms. The summed E-state index contributed by atoms with van der Waals surface area (Å²) >= 11 is 0. The van der Waals surface area contributed by atoms with E-state index in [1.54, 1.807) is 17.2 Å². The first kappa shape index (κ1) is 26.3. The van der Waals surface area contributed by atoms with Crippen molar-refractivity contribution >= 4 is 17.7 Å². The Hall–Kier alpha value is -3.88. The van der Waals surface area contributed by atoms with Crippen molar-refractivity contribution in [1.29, 1.82) is 0 Å². The van der Waals surface area contributed by atoms with Crippen LogP contribution in [0.4, 0.5) is 8.78 Å². The number of carbonyl (C=O) groups is 1. The molecule has 2 aromatic rings. The Bertz CT molecular complexity index is 1400. The number of likely N-dealkylation sites (N-methyl/N-ethyl adjacent to an activating group) is 1. The van der Waals surface area contributed by atoms with Crippen molar-refractivity contribution < 1.29 is 13.6 Å². The van der Waals surface area contributed by atoms with E-state index < -0.39 is 23.9 Å². The lowest BCUT2D eigenvalue weighted by Gasteiger charge is -2.49. The van der Waals surface area contributed by atoms with Crippen LogP contribution in [0.1, 0.15) is 39.2 Å². The molecule has 4 heterocycles. The fourth-order valence-corrected chi connectivity index (χ4v) is 6.09. The lowest BCUT2D eigenvalue weighted by atomic mass is 9.96. The monoisotopic (exact) mass is 544 g/mol. The highest BCUT2D eigenvalue weighted by molar-refractivity contribution is 6.09. The molecule has 1 aromatic carbocycles. The van der Waals surface area contributed by atoms with Crippen LogP contribution < -0.4 is 0 Å². The van der Waals surface area contributed by atoms with Gasteiger partial charge in [0.25, 0.3) is 5.91 Å². The predicted octanol–water partition coefficient (Wildman–Crippen LogP) is 5.18. The molecule has 6 rings (SSSR count). The van der Waals surface area contributed by atoms with Crippen LogP contribution in [-0.4, -0.2) is 75.3 Å². The summed E-state index contributed by atoms with van der Waals surface area (Å²) in [7, 11) is 0. The normalized spacial score (nSPS) is 26.2. The fourth-order valence-electron chi connectivity index (χ4n) is 6.09. The Morgan fingerprint density at radius 1 is 1.05 bits per heavy atom. The van der Waals surface area contributed by atoms with E-state index in [-0.39, 0.29) is 24.3 Å². The van der Waals surface area contributed by atoms with Crippen LogP contribution in [0.5, 0.6) is 0 Å². The number of amides is 1. The summed E-state index contributed by atoms with van der Waals surface area (Å²) in [5.41, 5.74) is 2.62. The summed E-state index contributed by atoms with van der Waals surface area (Å²) in [5, 5.41) is 0. The van der Waals surface area contributed by atoms with Gasteiger partial charge in [0.2, 0.25) is 5.96 Å². The molecule has 0 saturated carbocycles. The number of fused-ring (bicyclic) bond motifs is 3. The number of aromatic nitrogens is 1. The van der Waals surface area contributed by atoms with Crippen molar-refractivity contribution in [2.24, 2.45) is 21.8 Å². The zero-order valence-electron chi connectivity index (χ0n) is 23.0. The van der Waals surface area contributed by atoms with E-state index in [1.807, 2.05) is 49.4 Å². The van der Waals surface area contributed by atoms with E-state index >= 15 is 0 Å². The SMILES string of the molecule is CCN1C(=O)C2N=C(c3ccc(-c4ccccc4)nc3)N(CC3C=CC(F)=C(F)C3)C2N2CC[C@@H](C(C)C)N=C12. The third-order valence-electron chi connectivity index (χ3n) is 8.24. The zero-order valence-corrected chi connectivity index (χ0v) is 23.0. The standard InChI is InChI=1S/C31H34F2N6O/c1-4-37-30(40)27-29(38-15-14-25(19(2)3)35-31(37)38)39(18-20-10-12-23(32)24(33)16-20)28(36-27)22-11-13-26(34-17-22)21-8-6-5-7-9-21/h5-13,17,19-20,25,27,29H,4,14-16,18H2,1-3H3/t20?,25-,27?,29?/m0/s1. The molecule has 0 radical (unpaired) electrons. The van der Waals surface area contributed by atoms with Crippen molar-refractivity contribution in [3.63, 3.8) is 0 Å². The molecule has 1 saturated heterocycles. The summed E-state index contributed by atoms with van der Waals surface area (Å²) < 4.78 is 28.1. The molecule has 3 unspecified atom stereocenters. The number of allylic oxidation sites excluding steroid dienone is 3. The minimum absolute atomic E-state index is 0.0277. The summed E-state index contributed by atoms with van der Waals surface area (Å²) in [4.78, 5) is 34.6. The summed E-state index contributed by atoms with van der Waals surface area (Å²) in [6.07, 6.45) is 5.15. The predicted molar refractivity (Wildman–Crippen MR) is 152 cm³/mol. The molecule has 40 heavy (non-hydrogen) atoms. The van der Waals surface area contributed by atoms with Gasteiger partial charge in [-0.15, -0.1) is 0 Å². The summed E-state index contributed by atoms with van der Waals surface area (Å²) in [5.74, 6) is -0.227. The second kappa shape index (κ2) is 10.6. The zero-order chi connectivity index (χ0) is 28.0. The van der Waals surface area contributed by atoms with Crippen molar-refractivity contribution in [2.45, 2.75) is 51.9 Å². The third-order valence-corrected chi connectivity index (χ3v) is 8.24. The van der Waals surface area contributed by atoms with Crippen LogP contribution >= 0.6 is 0 Å². The molecule has 0 N–H and O–H groups in total. The molecular formula is C31H34F2N6O. The number of rotatable bonds is 6. The highest BCUT2D eigenvalue weighted by atomic mass is 19.2. The largest absolute Gasteiger partial charge is 0.333 e. The van der Waals surface area contributed by atoms with Gasteiger partial charge in [-0.3, -0.25) is 19.7 Å². The number of hydrogen-bond donors (Lipinski definition) is 0. The Balaban J connectivity index is 1.39. The third kappa shape index (κ3) is 4.61. The van der Waals surface area contributed by atoms with Gasteiger partial charge in [-0.05, 0) is 37.5 Å². The van der Waals surface area contributed by atoms with Crippen LogP contribution in [0, 0.1) is 11.8 Å². The molecule has 1 amide bonds. The molecule has 4 atom stereocenters. The van der Waals surface area contributed by atoms with Crippen LogP contribution in [0.3, 0.4) is 0 Å². The molecule has 1 aromatic heterocycles. The molecule has 0 bridgehead atoms. The Morgan fingerprint density at radius 2 is 1.85 bits per heavy atom. The second-order valence-electron chi connectivity index (χ2n) is 11.1. The Kier molecular flexibility index (Phi) is 6.98. The van der Waals surface area contributed by atoms with E-state index in [1.165, 1.54) is 6.08 Å². The average Bonchev–Trinajstić information content (AvgIpc) is 3.35. The molecule has 1 aliphatic carbocycles. The average molecular weight is 545 g/mol. The Morgan fingerprint density at radius 3 is 2.52 bits per heavy atom. The summed E-state index contributed by atoms with van der Waals surface area (Å²) in [6.45, 7) is 7.88. The second-order valence-corrected chi connectivity index (χ2v) is 11.1. The topological polar surface area (TPSA) is 64.4 Å². The lowest BCUT2D eigenvalue weighted by molar-refractivity contribution is -0.134. The van der Waals surface area contributed by atoms with Gasteiger partial charge in [0.05, 0.1) is 11.7 Å². The van der Waals surface area contributed by atoms with Crippen molar-refractivity contribution in [2.75, 3.05) is 19.6 Å². The maximum absolute atomic E-state index is 14.3. The van der Waals surface area contributed by atoms with E-state index in [9.17, 15) is 13.6 Å². The Labute approximate surface area is 233 Å². The van der Waals surface area contributed by atoms with E-state index in [0.717, 1.165) is 29.8 Å². The maximum Gasteiger partial charge on any atom is 0.258 e. The molecular weight excluding hydrogens is 510 g/mol. The quantitative estimate of drug-likeness (QED) is 0.503. The lowest BCUT2D eigenvalue weighted by Crippen LogP contribution is -2.68. The first-order chi connectivity index (χ1) is 19.4. The number of benzene rings is 1. The summed E-state index contributed by atoms with van der Waals surface area (Å²) in [6, 6.07) is 13.3. The number of nitrogens with zero attached hydrogens (tertiary/aromatic N) is 6. The molecule has 0 spiro atoms. The van der Waals surface area contributed by atoms with Crippen LogP contribution in [-0.2, 0) is 4.79 Å². The van der Waals surface area contributed by atoms with Gasteiger partial charge in [0.15, 0.2) is 11.9 Å². The molecule has 208 valence electrons. The highest BCUT2D eigenvalue weighted by Gasteiger charge is 2.53. The van der Waals surface area contributed by atoms with Gasteiger partial charge >= 0.3 is 0 Å². The minimum atomic E-state index is -0.818. The maximum atomic E-state index is 14.3. The minimum Gasteiger partial charge on any atom is -0.333 e. The van der Waals surface area contributed by atoms with Gasteiger partial charge in [-0.25, -0.2) is 13.8 Å². The van der Waals surface area contributed by atoms with Crippen LogP contribution in [0.2, 0.25) is 0 Å². The van der Waals surface area contributed by atoms with E-state index in [2.05, 4.69) is 23.6 Å². The van der Waals surface area contributed by atoms with Crippen LogP contribution in [0.25, 0.3) is 11.3 Å². The number of hydrogen-bond acceptors (Lipinski definition) is 6. The fraction of sp³-hybridized carbons (Fsp3) is 0.419. The number of carbonyl (C=O) groups excluding carboxylic acids is 1. The first-order valence-electron chi connectivity index (χ1n) is 14.1. The molecule has 1 fully saturated rings. The molecule has 4 aliphatic rings. The smallest absolute Gasteiger partial charge is 0.258 e. The number of guanidine groups is 1. The van der Waals surface area contributed by atoms with Gasteiger partial charge in [0.1, 0.15) is 17.8 Å². The van der Waals surface area contributed by atoms with E-state index in [0.29, 0.717) is 30.8 Å². The number of amidine groups is 1.